The molecule has 2 amide bonds. The van der Waals surface area contributed by atoms with E-state index < -0.39 is 46.3 Å². The van der Waals surface area contributed by atoms with Crippen molar-refractivity contribution in [3.63, 3.8) is 0 Å². The van der Waals surface area contributed by atoms with E-state index in [1.54, 1.807) is 20.8 Å². The highest BCUT2D eigenvalue weighted by Crippen LogP contribution is 2.59. The Morgan fingerprint density at radius 2 is 1.23 bits per heavy atom. The molecule has 6 rings (SSSR count). The zero-order chi connectivity index (χ0) is 33.3. The van der Waals surface area contributed by atoms with Gasteiger partial charge in [0.05, 0.1) is 22.9 Å². The molecule has 0 saturated carbocycles. The van der Waals surface area contributed by atoms with Gasteiger partial charge >= 0.3 is 5.97 Å². The number of carbonyl (C=O) groups is 3. The van der Waals surface area contributed by atoms with Crippen LogP contribution in [0, 0.1) is 0 Å². The summed E-state index contributed by atoms with van der Waals surface area (Å²) < 4.78 is 20.7. The molecule has 47 heavy (non-hydrogen) atoms. The molecule has 4 atom stereocenters. The summed E-state index contributed by atoms with van der Waals surface area (Å²) in [5.41, 5.74) is 0.323. The molecule has 0 radical (unpaired) electrons. The fourth-order valence-corrected chi connectivity index (χ4v) is 13.0. The lowest BCUT2D eigenvalue weighted by molar-refractivity contribution is -0.158. The Morgan fingerprint density at radius 1 is 0.787 bits per heavy atom. The van der Waals surface area contributed by atoms with Gasteiger partial charge in [0.2, 0.25) is 11.8 Å². The number of ether oxygens (including phenoxy) is 1. The number of esters is 1. The van der Waals surface area contributed by atoms with Crippen LogP contribution in [-0.4, -0.2) is 49.4 Å². The van der Waals surface area contributed by atoms with Crippen molar-refractivity contribution in [2.45, 2.75) is 50.0 Å². The number of hydrogen-bond donors (Lipinski definition) is 1. The monoisotopic (exact) mass is 665 g/mol. The number of benzene rings is 4. The lowest BCUT2D eigenvalue weighted by Gasteiger charge is -2.52. The van der Waals surface area contributed by atoms with Gasteiger partial charge in [-0.25, -0.2) is 4.79 Å². The number of nitrogens with zero attached hydrogens (tertiary/aromatic N) is 1. The summed E-state index contributed by atoms with van der Waals surface area (Å²) >= 11 is 0. The first-order chi connectivity index (χ1) is 22.5. The smallest absolute Gasteiger partial charge is 0.355 e. The van der Waals surface area contributed by atoms with E-state index in [1.165, 1.54) is 11.8 Å². The molecule has 1 unspecified atom stereocenters. The van der Waals surface area contributed by atoms with Gasteiger partial charge in [0.25, 0.3) is 0 Å². The Morgan fingerprint density at radius 3 is 1.66 bits per heavy atom. The minimum absolute atomic E-state index is 0.0626. The van der Waals surface area contributed by atoms with Crippen molar-refractivity contribution >= 4 is 51.8 Å². The number of amides is 2. The SMILES string of the molecule is CC(=O)NC1C(C[P+](c2ccccc2)(c2ccccc2)c2ccccc2)=C(C(=O)OC(C)(C)C)N2C(=O)[C@@H](c3ccccc3)[C@H]2[S@@]1=O. The molecule has 0 aromatic heterocycles. The van der Waals surface area contributed by atoms with E-state index in [-0.39, 0.29) is 23.7 Å². The van der Waals surface area contributed by atoms with Crippen LogP contribution in [0.4, 0.5) is 0 Å². The van der Waals surface area contributed by atoms with E-state index in [0.29, 0.717) is 11.1 Å². The normalized spacial score (nSPS) is 21.0. The summed E-state index contributed by atoms with van der Waals surface area (Å²) in [6, 6.07) is 39.5. The summed E-state index contributed by atoms with van der Waals surface area (Å²) in [6.45, 7) is 6.70. The lowest BCUT2D eigenvalue weighted by atomic mass is 9.88. The Hall–Kier alpha value is -4.39. The molecule has 0 spiro atoms. The number of carbonyl (C=O) groups excluding carboxylic acids is 3. The largest absolute Gasteiger partial charge is 0.455 e. The van der Waals surface area contributed by atoms with Gasteiger partial charge in [-0.15, -0.1) is 0 Å². The molecule has 9 heteroatoms. The minimum atomic E-state index is -2.66. The average Bonchev–Trinajstić information content (AvgIpc) is 3.06. The third-order valence-corrected chi connectivity index (χ3v) is 14.6. The van der Waals surface area contributed by atoms with Gasteiger partial charge in [0, 0.05) is 12.5 Å². The standard InChI is InChI=1S/C38H37N2O5PS/c1-26(41)39-34-31(25-46(28-19-11-6-12-20-28,29-21-13-7-14-22-29)30-23-15-8-16-24-30)33(37(43)45-38(2,3)4)40-35(42)32(36(40)47(34)44)27-17-9-5-10-18-27/h5-24,32,34,36H,25H2,1-4H3/p+1/t32-,34?,36-,47-/m1/s1. The number of rotatable bonds is 8. The van der Waals surface area contributed by atoms with E-state index in [4.69, 9.17) is 4.74 Å². The maximum absolute atomic E-state index is 14.7. The molecule has 4 aromatic carbocycles. The van der Waals surface area contributed by atoms with Crippen molar-refractivity contribution in [3.8, 4) is 0 Å². The molecule has 2 aliphatic rings. The van der Waals surface area contributed by atoms with Crippen LogP contribution >= 0.6 is 7.26 Å². The molecule has 0 bridgehead atoms. The molecule has 7 nitrogen and oxygen atoms in total. The van der Waals surface area contributed by atoms with E-state index in [1.807, 2.05) is 84.9 Å². The van der Waals surface area contributed by atoms with Gasteiger partial charge in [0.1, 0.15) is 45.2 Å². The van der Waals surface area contributed by atoms with E-state index in [0.717, 1.165) is 15.9 Å². The topological polar surface area (TPSA) is 92.8 Å². The molecule has 1 saturated heterocycles. The summed E-state index contributed by atoms with van der Waals surface area (Å²) in [5, 5.41) is 4.19. The van der Waals surface area contributed by atoms with Gasteiger partial charge in [0.15, 0.2) is 0 Å². The second-order valence-electron chi connectivity index (χ2n) is 12.7. The molecule has 2 heterocycles. The number of nitrogens with one attached hydrogen (secondary N) is 1. The van der Waals surface area contributed by atoms with E-state index in [9.17, 15) is 18.6 Å². The highest BCUT2D eigenvalue weighted by atomic mass is 32.2. The van der Waals surface area contributed by atoms with E-state index >= 15 is 0 Å². The van der Waals surface area contributed by atoms with Crippen LogP contribution in [0.3, 0.4) is 0 Å². The zero-order valence-electron chi connectivity index (χ0n) is 26.8. The highest BCUT2D eigenvalue weighted by Gasteiger charge is 2.62. The Balaban J connectivity index is 1.65. The molecule has 0 aliphatic carbocycles. The predicted octanol–water partition coefficient (Wildman–Crippen LogP) is 4.75. The first kappa shape index (κ1) is 32.5. The minimum Gasteiger partial charge on any atom is -0.455 e. The molecular formula is C38H38N2O5PS+. The van der Waals surface area contributed by atoms with Crippen LogP contribution in [0.2, 0.25) is 0 Å². The average molecular weight is 666 g/mol. The van der Waals surface area contributed by atoms with Crippen molar-refractivity contribution in [2.75, 3.05) is 6.16 Å². The predicted molar refractivity (Wildman–Crippen MR) is 188 cm³/mol. The van der Waals surface area contributed by atoms with Crippen molar-refractivity contribution in [1.29, 1.82) is 0 Å². The van der Waals surface area contributed by atoms with Crippen LogP contribution in [0.25, 0.3) is 0 Å². The van der Waals surface area contributed by atoms with Crippen LogP contribution in [-0.2, 0) is 29.9 Å². The molecule has 240 valence electrons. The summed E-state index contributed by atoms with van der Waals surface area (Å²) in [6.07, 6.45) is 0.239. The third kappa shape index (κ3) is 6.08. The van der Waals surface area contributed by atoms with Crippen molar-refractivity contribution in [3.05, 3.63) is 138 Å². The molecular weight excluding hydrogens is 627 g/mol. The van der Waals surface area contributed by atoms with Gasteiger partial charge in [-0.1, -0.05) is 84.9 Å². The summed E-state index contributed by atoms with van der Waals surface area (Å²) in [4.78, 5) is 42.7. The van der Waals surface area contributed by atoms with Gasteiger partial charge < -0.3 is 10.1 Å². The maximum atomic E-state index is 14.7. The number of hydrogen-bond acceptors (Lipinski definition) is 5. The second kappa shape index (κ2) is 13.0. The van der Waals surface area contributed by atoms with E-state index in [2.05, 4.69) is 41.7 Å². The Labute approximate surface area is 278 Å². The lowest BCUT2D eigenvalue weighted by Crippen LogP contribution is -2.67. The summed E-state index contributed by atoms with van der Waals surface area (Å²) in [7, 11) is -4.47. The van der Waals surface area contributed by atoms with Crippen molar-refractivity contribution < 1.29 is 23.3 Å². The fourth-order valence-electron chi connectivity index (χ4n) is 6.53. The van der Waals surface area contributed by atoms with Crippen LogP contribution in [0.5, 0.6) is 0 Å². The Kier molecular flexibility index (Phi) is 9.01. The zero-order valence-corrected chi connectivity index (χ0v) is 28.5. The van der Waals surface area contributed by atoms with Gasteiger partial charge in [-0.2, -0.15) is 0 Å². The van der Waals surface area contributed by atoms with Crippen molar-refractivity contribution in [1.82, 2.24) is 10.2 Å². The fraction of sp³-hybridized carbons (Fsp3) is 0.237. The Bertz CT molecular complexity index is 1750. The van der Waals surface area contributed by atoms with Gasteiger partial charge in [-0.3, -0.25) is 18.7 Å². The molecule has 1 fully saturated rings. The number of β-lactam (4-membered cyclic amide) rings is 1. The highest BCUT2D eigenvalue weighted by molar-refractivity contribution is 7.96. The van der Waals surface area contributed by atoms with Crippen LogP contribution in [0.1, 0.15) is 39.2 Å². The molecule has 4 aromatic rings. The van der Waals surface area contributed by atoms with Crippen LogP contribution in [0.15, 0.2) is 133 Å². The molecule has 1 N–H and O–H groups in total. The molecule has 2 aliphatic heterocycles. The second-order valence-corrected chi connectivity index (χ2v) is 17.8. The summed E-state index contributed by atoms with van der Waals surface area (Å²) in [5.74, 6) is -2.12. The quantitative estimate of drug-likeness (QED) is 0.167. The first-order valence-electron chi connectivity index (χ1n) is 15.6. The number of fused-ring (bicyclic) bond motifs is 1. The maximum Gasteiger partial charge on any atom is 0.355 e. The first-order valence-corrected chi connectivity index (χ1v) is 18.8. The van der Waals surface area contributed by atoms with Gasteiger partial charge in [-0.05, 0) is 62.7 Å². The third-order valence-electron chi connectivity index (χ3n) is 8.46. The van der Waals surface area contributed by atoms with Crippen molar-refractivity contribution in [2.24, 2.45) is 0 Å². The van der Waals surface area contributed by atoms with Crippen LogP contribution < -0.4 is 21.2 Å².